The Kier molecular flexibility index (Phi) is 7.29. The van der Waals surface area contributed by atoms with Crippen LogP contribution in [0.25, 0.3) is 11.0 Å². The number of imidazole rings is 1. The van der Waals surface area contributed by atoms with Gasteiger partial charge in [0, 0.05) is 37.5 Å². The predicted octanol–water partition coefficient (Wildman–Crippen LogP) is 6.43. The van der Waals surface area contributed by atoms with Gasteiger partial charge in [-0.05, 0) is 63.5 Å². The van der Waals surface area contributed by atoms with Crippen molar-refractivity contribution in [1.82, 2.24) is 14.5 Å². The standard InChI is InChI=1S/C26H38FN3O/c1-3-19-10-12-20(13-11-19)26-28-23-18-21(27)14-15-24(23)30(26)17-16-25(31)29(4-2)22-8-6-5-7-9-22/h14-15,18-20,22H,3-13,16-17H2,1-2H3. The van der Waals surface area contributed by atoms with Gasteiger partial charge in [0.05, 0.1) is 11.0 Å². The normalized spacial score (nSPS) is 22.7. The van der Waals surface area contributed by atoms with Gasteiger partial charge in [0.2, 0.25) is 5.91 Å². The Bertz CT molecular complexity index is 878. The van der Waals surface area contributed by atoms with Crippen LogP contribution >= 0.6 is 0 Å². The van der Waals surface area contributed by atoms with Gasteiger partial charge in [-0.1, -0.05) is 32.6 Å². The molecule has 2 fully saturated rings. The van der Waals surface area contributed by atoms with Gasteiger partial charge in [-0.3, -0.25) is 4.79 Å². The number of hydrogen-bond acceptors (Lipinski definition) is 2. The maximum atomic E-state index is 13.9. The second-order valence-electron chi connectivity index (χ2n) is 9.60. The third kappa shape index (κ3) is 4.96. The number of amides is 1. The van der Waals surface area contributed by atoms with Gasteiger partial charge in [0.1, 0.15) is 11.6 Å². The molecule has 2 aromatic rings. The number of hydrogen-bond donors (Lipinski definition) is 0. The summed E-state index contributed by atoms with van der Waals surface area (Å²) in [6.07, 6.45) is 12.5. The van der Waals surface area contributed by atoms with Crippen molar-refractivity contribution in [1.29, 1.82) is 0 Å². The zero-order valence-electron chi connectivity index (χ0n) is 19.3. The first-order valence-electron chi connectivity index (χ1n) is 12.6. The predicted molar refractivity (Wildman–Crippen MR) is 124 cm³/mol. The minimum absolute atomic E-state index is 0.246. The van der Waals surface area contributed by atoms with E-state index >= 15 is 0 Å². The van der Waals surface area contributed by atoms with E-state index in [-0.39, 0.29) is 11.7 Å². The quantitative estimate of drug-likeness (QED) is 0.510. The molecule has 0 N–H and O–H groups in total. The Labute approximate surface area is 186 Å². The van der Waals surface area contributed by atoms with E-state index in [0.29, 0.717) is 24.9 Å². The number of aromatic nitrogens is 2. The van der Waals surface area contributed by atoms with Gasteiger partial charge >= 0.3 is 0 Å². The molecule has 2 aliphatic carbocycles. The van der Waals surface area contributed by atoms with E-state index in [1.54, 1.807) is 0 Å². The minimum Gasteiger partial charge on any atom is -0.340 e. The maximum absolute atomic E-state index is 13.9. The molecule has 0 spiro atoms. The lowest BCUT2D eigenvalue weighted by Gasteiger charge is -2.34. The Morgan fingerprint density at radius 1 is 1.10 bits per heavy atom. The summed E-state index contributed by atoms with van der Waals surface area (Å²) in [5.41, 5.74) is 1.68. The fourth-order valence-corrected chi connectivity index (χ4v) is 5.88. The van der Waals surface area contributed by atoms with Crippen LogP contribution in [0.2, 0.25) is 0 Å². The van der Waals surface area contributed by atoms with Gasteiger partial charge in [0.25, 0.3) is 0 Å². The molecular weight excluding hydrogens is 389 g/mol. The first-order valence-corrected chi connectivity index (χ1v) is 12.6. The molecule has 1 amide bonds. The van der Waals surface area contributed by atoms with Gasteiger partial charge in [-0.2, -0.15) is 0 Å². The van der Waals surface area contributed by atoms with Gasteiger partial charge < -0.3 is 9.47 Å². The average molecular weight is 428 g/mol. The molecule has 1 heterocycles. The Morgan fingerprint density at radius 3 is 2.52 bits per heavy atom. The number of carbonyl (C=O) groups is 1. The van der Waals surface area contributed by atoms with Crippen molar-refractivity contribution in [2.75, 3.05) is 6.54 Å². The lowest BCUT2D eigenvalue weighted by molar-refractivity contribution is -0.134. The van der Waals surface area contributed by atoms with Crippen LogP contribution in [-0.4, -0.2) is 32.9 Å². The van der Waals surface area contributed by atoms with E-state index < -0.39 is 0 Å². The van der Waals surface area contributed by atoms with Crippen molar-refractivity contribution in [3.8, 4) is 0 Å². The average Bonchev–Trinajstić information content (AvgIpc) is 3.16. The monoisotopic (exact) mass is 427 g/mol. The molecule has 31 heavy (non-hydrogen) atoms. The number of halogens is 1. The molecule has 0 radical (unpaired) electrons. The van der Waals surface area contributed by atoms with Gasteiger partial charge in [0.15, 0.2) is 0 Å². The number of benzene rings is 1. The summed E-state index contributed by atoms with van der Waals surface area (Å²) < 4.78 is 16.1. The number of aryl methyl sites for hydroxylation is 1. The Hall–Kier alpha value is -1.91. The molecule has 0 unspecified atom stereocenters. The second kappa shape index (κ2) is 10.1. The van der Waals surface area contributed by atoms with Crippen molar-refractivity contribution in [2.45, 2.75) is 103 Å². The van der Waals surface area contributed by atoms with E-state index in [2.05, 4.69) is 23.3 Å². The molecule has 1 aromatic carbocycles. The first kappa shape index (κ1) is 22.3. The molecule has 5 heteroatoms. The smallest absolute Gasteiger partial charge is 0.224 e. The zero-order valence-corrected chi connectivity index (χ0v) is 19.3. The summed E-state index contributed by atoms with van der Waals surface area (Å²) in [5.74, 6) is 2.29. The molecule has 2 aliphatic rings. The number of carbonyl (C=O) groups excluding carboxylic acids is 1. The van der Waals surface area contributed by atoms with Crippen LogP contribution in [0.5, 0.6) is 0 Å². The van der Waals surface area contributed by atoms with Crippen molar-refractivity contribution in [2.24, 2.45) is 5.92 Å². The maximum Gasteiger partial charge on any atom is 0.224 e. The topological polar surface area (TPSA) is 38.1 Å². The van der Waals surface area contributed by atoms with Crippen molar-refractivity contribution < 1.29 is 9.18 Å². The summed E-state index contributed by atoms with van der Waals surface area (Å²) in [5, 5.41) is 0. The van der Waals surface area contributed by atoms with Crippen LogP contribution in [0.15, 0.2) is 18.2 Å². The molecule has 0 atom stereocenters. The molecule has 0 aliphatic heterocycles. The van der Waals surface area contributed by atoms with E-state index in [1.165, 1.54) is 50.7 Å². The van der Waals surface area contributed by atoms with E-state index in [0.717, 1.165) is 55.0 Å². The van der Waals surface area contributed by atoms with Crippen LogP contribution in [0.1, 0.15) is 96.2 Å². The highest BCUT2D eigenvalue weighted by molar-refractivity contribution is 5.78. The summed E-state index contributed by atoms with van der Waals surface area (Å²) >= 11 is 0. The van der Waals surface area contributed by atoms with Crippen molar-refractivity contribution in [3.05, 3.63) is 29.8 Å². The number of fused-ring (bicyclic) bond motifs is 1. The fraction of sp³-hybridized carbons (Fsp3) is 0.692. The van der Waals surface area contributed by atoms with E-state index in [9.17, 15) is 9.18 Å². The van der Waals surface area contributed by atoms with Crippen molar-refractivity contribution >= 4 is 16.9 Å². The van der Waals surface area contributed by atoms with Crippen LogP contribution in [0.4, 0.5) is 4.39 Å². The molecule has 4 rings (SSSR count). The van der Waals surface area contributed by atoms with Crippen LogP contribution in [-0.2, 0) is 11.3 Å². The fourth-order valence-electron chi connectivity index (χ4n) is 5.88. The van der Waals surface area contributed by atoms with E-state index in [1.807, 2.05) is 6.07 Å². The molecular formula is C26H38FN3O. The Balaban J connectivity index is 1.53. The highest BCUT2D eigenvalue weighted by Gasteiger charge is 2.28. The van der Waals surface area contributed by atoms with E-state index in [4.69, 9.17) is 4.98 Å². The minimum atomic E-state index is -0.246. The molecule has 2 saturated carbocycles. The van der Waals surface area contributed by atoms with Crippen LogP contribution < -0.4 is 0 Å². The lowest BCUT2D eigenvalue weighted by Crippen LogP contribution is -2.41. The Morgan fingerprint density at radius 2 is 1.84 bits per heavy atom. The molecule has 4 nitrogen and oxygen atoms in total. The summed E-state index contributed by atoms with van der Waals surface area (Å²) in [6, 6.07) is 5.29. The third-order valence-electron chi connectivity index (χ3n) is 7.75. The SMILES string of the molecule is CCC1CCC(c2nc3cc(F)ccc3n2CCC(=O)N(CC)C2CCCCC2)CC1. The molecule has 1 aromatic heterocycles. The summed E-state index contributed by atoms with van der Waals surface area (Å²) in [7, 11) is 0. The third-order valence-corrected chi connectivity index (χ3v) is 7.75. The first-order chi connectivity index (χ1) is 15.1. The largest absolute Gasteiger partial charge is 0.340 e. The summed E-state index contributed by atoms with van der Waals surface area (Å²) in [6.45, 7) is 5.79. The highest BCUT2D eigenvalue weighted by atomic mass is 19.1. The molecule has 0 bridgehead atoms. The summed E-state index contributed by atoms with van der Waals surface area (Å²) in [4.78, 5) is 20.1. The molecule has 170 valence electrons. The number of nitrogens with zero attached hydrogens (tertiary/aromatic N) is 3. The zero-order chi connectivity index (χ0) is 21.8. The number of rotatable bonds is 7. The van der Waals surface area contributed by atoms with Crippen LogP contribution in [0.3, 0.4) is 0 Å². The van der Waals surface area contributed by atoms with Gasteiger partial charge in [-0.15, -0.1) is 0 Å². The van der Waals surface area contributed by atoms with Crippen molar-refractivity contribution in [3.63, 3.8) is 0 Å². The molecule has 0 saturated heterocycles. The highest BCUT2D eigenvalue weighted by Crippen LogP contribution is 2.38. The van der Waals surface area contributed by atoms with Gasteiger partial charge in [-0.25, -0.2) is 9.37 Å². The second-order valence-corrected chi connectivity index (χ2v) is 9.60. The lowest BCUT2D eigenvalue weighted by atomic mass is 9.80. The van der Waals surface area contributed by atoms with Crippen LogP contribution in [0, 0.1) is 11.7 Å².